The molecule has 1 fully saturated rings. The van der Waals surface area contributed by atoms with Crippen molar-refractivity contribution in [3.8, 4) is 0 Å². The minimum atomic E-state index is -0.850. The van der Waals surface area contributed by atoms with Gasteiger partial charge < -0.3 is 14.8 Å². The number of ether oxygens (including phenoxy) is 2. The van der Waals surface area contributed by atoms with E-state index in [9.17, 15) is 9.59 Å². The minimum Gasteiger partial charge on any atom is -0.467 e. The average molecular weight is 243 g/mol. The van der Waals surface area contributed by atoms with Crippen LogP contribution < -0.4 is 5.32 Å². The molecule has 5 nitrogen and oxygen atoms in total. The first-order valence-electron chi connectivity index (χ1n) is 5.99. The molecule has 1 aliphatic rings. The molecule has 1 unspecified atom stereocenters. The van der Waals surface area contributed by atoms with E-state index in [1.165, 1.54) is 14.2 Å². The van der Waals surface area contributed by atoms with Crippen LogP contribution in [0, 0.1) is 0 Å². The molecule has 1 atom stereocenters. The Morgan fingerprint density at radius 1 is 1.18 bits per heavy atom. The number of nitrogens with one attached hydrogen (secondary N) is 1. The van der Waals surface area contributed by atoms with Crippen molar-refractivity contribution >= 4 is 11.9 Å². The second-order valence-electron chi connectivity index (χ2n) is 4.50. The van der Waals surface area contributed by atoms with Crippen LogP contribution in [0.15, 0.2) is 0 Å². The van der Waals surface area contributed by atoms with Crippen molar-refractivity contribution in [2.45, 2.75) is 50.7 Å². The fraction of sp³-hybridized carbons (Fsp3) is 0.833. The Labute approximate surface area is 102 Å². The summed E-state index contributed by atoms with van der Waals surface area (Å²) in [7, 11) is 2.82. The lowest BCUT2D eigenvalue weighted by Gasteiger charge is -2.35. The van der Waals surface area contributed by atoms with Crippen LogP contribution in [0.5, 0.6) is 0 Å². The number of carbonyl (C=O) groups excluding carboxylic acids is 2. The summed E-state index contributed by atoms with van der Waals surface area (Å²) in [6, 6.07) is 0. The van der Waals surface area contributed by atoms with E-state index in [1.54, 1.807) is 6.92 Å². The standard InChI is InChI=1S/C12H21NO4/c1-9(16-2)10(14)13-12(11(15)17-3)7-5-4-6-8-12/h9H,4-8H2,1-3H3,(H,13,14). The lowest BCUT2D eigenvalue weighted by molar-refractivity contribution is -0.154. The number of hydrogen-bond donors (Lipinski definition) is 1. The monoisotopic (exact) mass is 243 g/mol. The second kappa shape index (κ2) is 6.00. The van der Waals surface area contributed by atoms with Crippen LogP contribution in [0.1, 0.15) is 39.0 Å². The molecule has 1 aliphatic carbocycles. The number of carbonyl (C=O) groups is 2. The molecule has 0 aliphatic heterocycles. The summed E-state index contributed by atoms with van der Waals surface area (Å²) < 4.78 is 9.76. The van der Waals surface area contributed by atoms with Gasteiger partial charge in [-0.15, -0.1) is 0 Å². The molecule has 0 saturated heterocycles. The van der Waals surface area contributed by atoms with E-state index in [-0.39, 0.29) is 11.9 Å². The normalized spacial score (nSPS) is 20.4. The van der Waals surface area contributed by atoms with Crippen LogP contribution >= 0.6 is 0 Å². The van der Waals surface area contributed by atoms with Gasteiger partial charge in [-0.3, -0.25) is 4.79 Å². The van der Waals surface area contributed by atoms with Crippen molar-refractivity contribution in [3.63, 3.8) is 0 Å². The van der Waals surface area contributed by atoms with Crippen molar-refractivity contribution < 1.29 is 19.1 Å². The van der Waals surface area contributed by atoms with Gasteiger partial charge in [0.2, 0.25) is 5.91 Å². The summed E-state index contributed by atoms with van der Waals surface area (Å²) in [4.78, 5) is 23.7. The minimum absolute atomic E-state index is 0.264. The van der Waals surface area contributed by atoms with Crippen molar-refractivity contribution in [2.24, 2.45) is 0 Å². The Balaban J connectivity index is 2.76. The molecular weight excluding hydrogens is 222 g/mol. The molecule has 0 aromatic rings. The molecule has 1 saturated carbocycles. The van der Waals surface area contributed by atoms with E-state index >= 15 is 0 Å². The Morgan fingerprint density at radius 2 is 1.76 bits per heavy atom. The second-order valence-corrected chi connectivity index (χ2v) is 4.50. The fourth-order valence-electron chi connectivity index (χ4n) is 2.18. The lowest BCUT2D eigenvalue weighted by Crippen LogP contribution is -2.58. The van der Waals surface area contributed by atoms with Crippen molar-refractivity contribution in [3.05, 3.63) is 0 Å². The van der Waals surface area contributed by atoms with E-state index in [1.807, 2.05) is 0 Å². The maximum absolute atomic E-state index is 11.9. The highest BCUT2D eigenvalue weighted by Gasteiger charge is 2.42. The van der Waals surface area contributed by atoms with E-state index in [4.69, 9.17) is 9.47 Å². The highest BCUT2D eigenvalue weighted by molar-refractivity contribution is 5.89. The van der Waals surface area contributed by atoms with Gasteiger partial charge in [-0.25, -0.2) is 4.79 Å². The van der Waals surface area contributed by atoms with Crippen LogP contribution in [0.25, 0.3) is 0 Å². The van der Waals surface area contributed by atoms with Gasteiger partial charge in [-0.05, 0) is 19.8 Å². The molecule has 0 aromatic carbocycles. The highest BCUT2D eigenvalue weighted by Crippen LogP contribution is 2.29. The highest BCUT2D eigenvalue weighted by atomic mass is 16.5. The van der Waals surface area contributed by atoms with Crippen molar-refractivity contribution in [1.82, 2.24) is 5.32 Å². The lowest BCUT2D eigenvalue weighted by atomic mass is 9.81. The SMILES string of the molecule is COC(=O)C1(NC(=O)C(C)OC)CCCCC1. The number of hydrogen-bond acceptors (Lipinski definition) is 4. The largest absolute Gasteiger partial charge is 0.467 e. The van der Waals surface area contributed by atoms with E-state index < -0.39 is 11.6 Å². The van der Waals surface area contributed by atoms with E-state index in [2.05, 4.69) is 5.32 Å². The van der Waals surface area contributed by atoms with Crippen molar-refractivity contribution in [2.75, 3.05) is 14.2 Å². The van der Waals surface area contributed by atoms with Crippen LogP contribution in [-0.2, 0) is 19.1 Å². The summed E-state index contributed by atoms with van der Waals surface area (Å²) in [6.07, 6.45) is 3.67. The maximum Gasteiger partial charge on any atom is 0.331 e. The molecule has 5 heteroatoms. The molecule has 1 N–H and O–H groups in total. The van der Waals surface area contributed by atoms with Crippen LogP contribution in [0.2, 0.25) is 0 Å². The summed E-state index contributed by atoms with van der Waals surface area (Å²) in [5.74, 6) is -0.617. The topological polar surface area (TPSA) is 64.6 Å². The fourth-order valence-corrected chi connectivity index (χ4v) is 2.18. The number of methoxy groups -OCH3 is 2. The first-order valence-corrected chi connectivity index (χ1v) is 5.99. The number of rotatable bonds is 4. The van der Waals surface area contributed by atoms with Gasteiger partial charge >= 0.3 is 5.97 Å². The average Bonchev–Trinajstić information content (AvgIpc) is 2.37. The molecule has 0 aromatic heterocycles. The Hall–Kier alpha value is -1.10. The van der Waals surface area contributed by atoms with Crippen molar-refractivity contribution in [1.29, 1.82) is 0 Å². The van der Waals surface area contributed by atoms with Gasteiger partial charge in [0.15, 0.2) is 0 Å². The Bertz CT molecular complexity index is 284. The zero-order valence-corrected chi connectivity index (χ0v) is 10.7. The summed E-state index contributed by atoms with van der Waals surface area (Å²) >= 11 is 0. The van der Waals surface area contributed by atoms with Gasteiger partial charge in [-0.2, -0.15) is 0 Å². The third-order valence-electron chi connectivity index (χ3n) is 3.37. The molecule has 98 valence electrons. The quantitative estimate of drug-likeness (QED) is 0.748. The summed E-state index contributed by atoms with van der Waals surface area (Å²) in [5, 5.41) is 2.80. The van der Waals surface area contributed by atoms with E-state index in [0.717, 1.165) is 19.3 Å². The third kappa shape index (κ3) is 3.19. The number of esters is 1. The van der Waals surface area contributed by atoms with Gasteiger partial charge in [0.25, 0.3) is 0 Å². The van der Waals surface area contributed by atoms with Crippen LogP contribution in [-0.4, -0.2) is 37.7 Å². The maximum atomic E-state index is 11.9. The zero-order valence-electron chi connectivity index (χ0n) is 10.7. The third-order valence-corrected chi connectivity index (χ3v) is 3.37. The molecule has 0 spiro atoms. The summed E-state index contributed by atoms with van der Waals surface area (Å²) in [5.41, 5.74) is -0.850. The summed E-state index contributed by atoms with van der Waals surface area (Å²) in [6.45, 7) is 1.66. The molecular formula is C12H21NO4. The van der Waals surface area contributed by atoms with Gasteiger partial charge in [0, 0.05) is 7.11 Å². The molecule has 1 amide bonds. The molecule has 0 heterocycles. The first-order chi connectivity index (χ1) is 8.05. The molecule has 0 bridgehead atoms. The van der Waals surface area contributed by atoms with Gasteiger partial charge in [-0.1, -0.05) is 19.3 Å². The first kappa shape index (κ1) is 14.0. The predicted molar refractivity (Wildman–Crippen MR) is 62.4 cm³/mol. The van der Waals surface area contributed by atoms with Crippen LogP contribution in [0.3, 0.4) is 0 Å². The number of amides is 1. The smallest absolute Gasteiger partial charge is 0.331 e. The van der Waals surface area contributed by atoms with E-state index in [0.29, 0.717) is 12.8 Å². The zero-order chi connectivity index (χ0) is 12.9. The Morgan fingerprint density at radius 3 is 2.24 bits per heavy atom. The van der Waals surface area contributed by atoms with Gasteiger partial charge in [0.05, 0.1) is 7.11 Å². The predicted octanol–water partition coefficient (Wildman–Crippen LogP) is 1.01. The Kier molecular flexibility index (Phi) is 4.93. The molecule has 17 heavy (non-hydrogen) atoms. The molecule has 1 rings (SSSR count). The van der Waals surface area contributed by atoms with Gasteiger partial charge in [0.1, 0.15) is 11.6 Å². The molecule has 0 radical (unpaired) electrons. The van der Waals surface area contributed by atoms with Crippen LogP contribution in [0.4, 0.5) is 0 Å².